The molecule has 0 aliphatic carbocycles. The third-order valence-electron chi connectivity index (χ3n) is 3.75. The van der Waals surface area contributed by atoms with Crippen molar-refractivity contribution in [2.45, 2.75) is 6.04 Å². The predicted molar refractivity (Wildman–Crippen MR) is 102 cm³/mol. The summed E-state index contributed by atoms with van der Waals surface area (Å²) in [5.41, 5.74) is 0.588. The number of carbonyl (C=O) groups excluding carboxylic acids is 1. The highest BCUT2D eigenvalue weighted by molar-refractivity contribution is 7.88. The fraction of sp³-hybridized carbons (Fsp3) is 0.278. The van der Waals surface area contributed by atoms with Gasteiger partial charge < -0.3 is 10.1 Å². The Morgan fingerprint density at radius 1 is 1.15 bits per heavy atom. The van der Waals surface area contributed by atoms with Crippen LogP contribution in [0.4, 0.5) is 0 Å². The van der Waals surface area contributed by atoms with Gasteiger partial charge in [0.1, 0.15) is 18.4 Å². The van der Waals surface area contributed by atoms with Crippen LogP contribution in [0.1, 0.15) is 11.6 Å². The lowest BCUT2D eigenvalue weighted by atomic mass is 10.1. The van der Waals surface area contributed by atoms with E-state index >= 15 is 0 Å². The first kappa shape index (κ1) is 20.2. The molecule has 26 heavy (non-hydrogen) atoms. The van der Waals surface area contributed by atoms with Crippen molar-refractivity contribution in [3.05, 3.63) is 65.2 Å². The summed E-state index contributed by atoms with van der Waals surface area (Å²) in [5, 5.41) is 3.19. The van der Waals surface area contributed by atoms with Crippen molar-refractivity contribution in [3.8, 4) is 5.75 Å². The van der Waals surface area contributed by atoms with Crippen LogP contribution in [0.3, 0.4) is 0 Å². The molecule has 0 spiro atoms. The van der Waals surface area contributed by atoms with Gasteiger partial charge in [-0.15, -0.1) is 0 Å². The van der Waals surface area contributed by atoms with Gasteiger partial charge in [-0.1, -0.05) is 54.1 Å². The molecule has 2 rings (SSSR count). The number of para-hydroxylation sites is 1. The van der Waals surface area contributed by atoms with Gasteiger partial charge in [0.25, 0.3) is 0 Å². The summed E-state index contributed by atoms with van der Waals surface area (Å²) in [6.45, 7) is 0.421. The normalized spacial score (nSPS) is 12.6. The molecule has 0 fully saturated rings. The van der Waals surface area contributed by atoms with Crippen molar-refractivity contribution >= 4 is 27.5 Å². The number of likely N-dealkylation sites (N-methyl/N-ethyl adjacent to an activating group) is 1. The number of nitrogens with one attached hydrogen (secondary N) is 1. The van der Waals surface area contributed by atoms with Crippen LogP contribution in [0.15, 0.2) is 54.6 Å². The predicted octanol–water partition coefficient (Wildman–Crippen LogP) is 2.47. The van der Waals surface area contributed by atoms with Crippen LogP contribution in [0.25, 0.3) is 0 Å². The molecule has 8 heteroatoms. The molecule has 0 bridgehead atoms. The minimum atomic E-state index is -3.55. The van der Waals surface area contributed by atoms with E-state index in [1.54, 1.807) is 54.6 Å². The lowest BCUT2D eigenvalue weighted by Crippen LogP contribution is -2.42. The lowest BCUT2D eigenvalue weighted by Gasteiger charge is -2.25. The van der Waals surface area contributed by atoms with Crippen molar-refractivity contribution in [1.82, 2.24) is 9.62 Å². The summed E-state index contributed by atoms with van der Waals surface area (Å²) in [7, 11) is -2.17. The van der Waals surface area contributed by atoms with E-state index < -0.39 is 22.0 Å². The number of carbonyl (C=O) groups is 1. The van der Waals surface area contributed by atoms with Gasteiger partial charge in [-0.05, 0) is 17.7 Å². The van der Waals surface area contributed by atoms with E-state index in [4.69, 9.17) is 16.3 Å². The van der Waals surface area contributed by atoms with E-state index in [-0.39, 0.29) is 13.2 Å². The standard InChI is InChI=1S/C18H21ClN2O4S/c1-21(26(2,23)24)17(14-8-4-3-5-9-14)18(22)20-12-13-25-16-11-7-6-10-15(16)19/h3-11,17H,12-13H2,1-2H3,(H,20,22). The molecule has 1 atom stereocenters. The highest BCUT2D eigenvalue weighted by atomic mass is 35.5. The number of hydrogen-bond acceptors (Lipinski definition) is 4. The monoisotopic (exact) mass is 396 g/mol. The maximum absolute atomic E-state index is 12.6. The van der Waals surface area contributed by atoms with Crippen molar-refractivity contribution in [2.24, 2.45) is 0 Å². The molecule has 0 radical (unpaired) electrons. The third kappa shape index (κ3) is 5.45. The van der Waals surface area contributed by atoms with Gasteiger partial charge >= 0.3 is 0 Å². The number of amides is 1. The fourth-order valence-electron chi connectivity index (χ4n) is 2.35. The first-order valence-electron chi connectivity index (χ1n) is 7.93. The smallest absolute Gasteiger partial charge is 0.243 e. The second-order valence-electron chi connectivity index (χ2n) is 5.66. The van der Waals surface area contributed by atoms with E-state index in [9.17, 15) is 13.2 Å². The van der Waals surface area contributed by atoms with E-state index in [2.05, 4.69) is 5.32 Å². The summed E-state index contributed by atoms with van der Waals surface area (Å²) in [6, 6.07) is 14.8. The van der Waals surface area contributed by atoms with Crippen molar-refractivity contribution in [2.75, 3.05) is 26.5 Å². The second kappa shape index (κ2) is 9.02. The summed E-state index contributed by atoms with van der Waals surface area (Å²) in [6.07, 6.45) is 1.07. The van der Waals surface area contributed by atoms with Crippen LogP contribution < -0.4 is 10.1 Å². The molecule has 1 unspecified atom stereocenters. The lowest BCUT2D eigenvalue weighted by molar-refractivity contribution is -0.124. The average molecular weight is 397 g/mol. The molecule has 1 amide bonds. The summed E-state index contributed by atoms with van der Waals surface area (Å²) >= 11 is 6.00. The van der Waals surface area contributed by atoms with Crippen molar-refractivity contribution in [3.63, 3.8) is 0 Å². The van der Waals surface area contributed by atoms with Crippen LogP contribution in [0, 0.1) is 0 Å². The van der Waals surface area contributed by atoms with Crippen LogP contribution in [0.2, 0.25) is 5.02 Å². The minimum Gasteiger partial charge on any atom is -0.490 e. The number of benzene rings is 2. The molecule has 0 aliphatic rings. The fourth-order valence-corrected chi connectivity index (χ4v) is 3.14. The molecular formula is C18H21ClN2O4S. The average Bonchev–Trinajstić information content (AvgIpc) is 2.60. The van der Waals surface area contributed by atoms with E-state index in [0.717, 1.165) is 10.6 Å². The molecule has 2 aromatic carbocycles. The zero-order valence-corrected chi connectivity index (χ0v) is 16.1. The molecule has 0 aromatic heterocycles. The number of nitrogens with zero attached hydrogens (tertiary/aromatic N) is 1. The molecule has 0 heterocycles. The molecule has 2 aromatic rings. The zero-order chi connectivity index (χ0) is 19.2. The van der Waals surface area contributed by atoms with E-state index in [1.807, 2.05) is 0 Å². The van der Waals surface area contributed by atoms with Gasteiger partial charge in [-0.3, -0.25) is 4.79 Å². The first-order valence-corrected chi connectivity index (χ1v) is 10.2. The number of rotatable bonds is 8. The molecular weight excluding hydrogens is 376 g/mol. The van der Waals surface area contributed by atoms with Crippen molar-refractivity contribution < 1.29 is 17.9 Å². The number of hydrogen-bond donors (Lipinski definition) is 1. The molecule has 140 valence electrons. The van der Waals surface area contributed by atoms with Gasteiger partial charge in [0.2, 0.25) is 15.9 Å². The van der Waals surface area contributed by atoms with Crippen LogP contribution >= 0.6 is 11.6 Å². The van der Waals surface area contributed by atoms with E-state index in [1.165, 1.54) is 7.05 Å². The Bertz CT molecular complexity index is 843. The topological polar surface area (TPSA) is 75.7 Å². The van der Waals surface area contributed by atoms with Crippen LogP contribution in [-0.4, -0.2) is 45.1 Å². The Morgan fingerprint density at radius 2 is 1.77 bits per heavy atom. The van der Waals surface area contributed by atoms with Crippen molar-refractivity contribution in [1.29, 1.82) is 0 Å². The minimum absolute atomic E-state index is 0.208. The zero-order valence-electron chi connectivity index (χ0n) is 14.6. The first-order chi connectivity index (χ1) is 12.3. The summed E-state index contributed by atoms with van der Waals surface area (Å²) < 4.78 is 30.4. The largest absolute Gasteiger partial charge is 0.490 e. The molecule has 1 N–H and O–H groups in total. The van der Waals surface area contributed by atoms with Gasteiger partial charge in [0, 0.05) is 7.05 Å². The number of sulfonamides is 1. The summed E-state index contributed by atoms with van der Waals surface area (Å²) in [4.78, 5) is 12.6. The maximum Gasteiger partial charge on any atom is 0.243 e. The van der Waals surface area contributed by atoms with Crippen LogP contribution in [-0.2, 0) is 14.8 Å². The molecule has 0 aliphatic heterocycles. The third-order valence-corrected chi connectivity index (χ3v) is 5.32. The Hall–Kier alpha value is -2.09. The highest BCUT2D eigenvalue weighted by Gasteiger charge is 2.30. The summed E-state index contributed by atoms with van der Waals surface area (Å²) in [5.74, 6) is 0.100. The number of halogens is 1. The van der Waals surface area contributed by atoms with Gasteiger partial charge in [-0.2, -0.15) is 4.31 Å². The van der Waals surface area contributed by atoms with Gasteiger partial charge in [0.15, 0.2) is 0 Å². The Morgan fingerprint density at radius 3 is 2.38 bits per heavy atom. The number of ether oxygens (including phenoxy) is 1. The Kier molecular flexibility index (Phi) is 7.02. The van der Waals surface area contributed by atoms with E-state index in [0.29, 0.717) is 16.3 Å². The quantitative estimate of drug-likeness (QED) is 0.695. The van der Waals surface area contributed by atoms with Gasteiger partial charge in [-0.25, -0.2) is 8.42 Å². The molecule has 0 saturated carbocycles. The molecule has 6 nitrogen and oxygen atoms in total. The SMILES string of the molecule is CN(C(C(=O)NCCOc1ccccc1Cl)c1ccccc1)S(C)(=O)=O. The second-order valence-corrected chi connectivity index (χ2v) is 8.11. The van der Waals surface area contributed by atoms with Crippen LogP contribution in [0.5, 0.6) is 5.75 Å². The highest BCUT2D eigenvalue weighted by Crippen LogP contribution is 2.23. The van der Waals surface area contributed by atoms with Gasteiger partial charge in [0.05, 0.1) is 17.8 Å². The molecule has 0 saturated heterocycles. The Balaban J connectivity index is 2.02. The maximum atomic E-state index is 12.6. The Labute approximate surface area is 158 Å².